The lowest BCUT2D eigenvalue weighted by molar-refractivity contribution is -0.138. The molecule has 1 amide bonds. The topological polar surface area (TPSA) is 65.1 Å². The minimum absolute atomic E-state index is 0.241. The number of methoxy groups -OCH3 is 1. The molecule has 1 aromatic rings. The van der Waals surface area contributed by atoms with E-state index in [2.05, 4.69) is 0 Å². The van der Waals surface area contributed by atoms with Crippen LogP contribution in [0.5, 0.6) is 5.75 Å². The Morgan fingerprint density at radius 2 is 1.92 bits per heavy atom. The molecule has 0 unspecified atom stereocenters. The fraction of sp³-hybridized carbons (Fsp3) is 0.400. The van der Waals surface area contributed by atoms with Gasteiger partial charge in [-0.25, -0.2) is 4.79 Å². The number of esters is 1. The molecule has 1 aliphatic heterocycles. The third kappa shape index (κ3) is 4.14. The maximum absolute atomic E-state index is 12.9. The molecule has 0 atom stereocenters. The van der Waals surface area contributed by atoms with Gasteiger partial charge in [0.2, 0.25) is 0 Å². The van der Waals surface area contributed by atoms with E-state index in [0.29, 0.717) is 42.4 Å². The standard InChI is InChI=1S/C20H25NO5/c1-5-25-17-10-8-7-9-15(17)13-16-18(20(23)26-6-2)14(3)21(19(16)22)11-12-24-4/h7-10,13H,5-6,11-12H2,1-4H3/b16-13-. The zero-order chi connectivity index (χ0) is 19.1. The van der Waals surface area contributed by atoms with Crippen LogP contribution in [0.4, 0.5) is 0 Å². The largest absolute Gasteiger partial charge is 0.493 e. The van der Waals surface area contributed by atoms with E-state index in [1.807, 2.05) is 31.2 Å². The summed E-state index contributed by atoms with van der Waals surface area (Å²) in [5.41, 5.74) is 1.91. The van der Waals surface area contributed by atoms with Crippen LogP contribution >= 0.6 is 0 Å². The van der Waals surface area contributed by atoms with Gasteiger partial charge in [-0.2, -0.15) is 0 Å². The van der Waals surface area contributed by atoms with Crippen LogP contribution in [0, 0.1) is 0 Å². The highest BCUT2D eigenvalue weighted by atomic mass is 16.5. The Hall–Kier alpha value is -2.60. The summed E-state index contributed by atoms with van der Waals surface area (Å²) in [5.74, 6) is -0.0844. The number of benzene rings is 1. The lowest BCUT2D eigenvalue weighted by Crippen LogP contribution is -2.28. The van der Waals surface area contributed by atoms with E-state index in [4.69, 9.17) is 14.2 Å². The Bertz CT molecular complexity index is 735. The van der Waals surface area contributed by atoms with Crippen molar-refractivity contribution < 1.29 is 23.8 Å². The molecule has 140 valence electrons. The van der Waals surface area contributed by atoms with Gasteiger partial charge in [0.15, 0.2) is 0 Å². The zero-order valence-corrected chi connectivity index (χ0v) is 15.7. The van der Waals surface area contributed by atoms with Crippen molar-refractivity contribution in [2.75, 3.05) is 33.5 Å². The van der Waals surface area contributed by atoms with Crippen LogP contribution in [-0.4, -0.2) is 50.3 Å². The van der Waals surface area contributed by atoms with E-state index in [-0.39, 0.29) is 12.5 Å². The SMILES string of the molecule is CCOC(=O)C1=C(C)N(CCOC)C(=O)/C1=C\c1ccccc1OCC. The molecular formula is C20H25NO5. The number of carbonyl (C=O) groups excluding carboxylic acids is 2. The van der Waals surface area contributed by atoms with E-state index >= 15 is 0 Å². The second-order valence-electron chi connectivity index (χ2n) is 5.66. The number of ether oxygens (including phenoxy) is 3. The average Bonchev–Trinajstić information content (AvgIpc) is 2.85. The first-order chi connectivity index (χ1) is 12.5. The first-order valence-corrected chi connectivity index (χ1v) is 8.67. The Morgan fingerprint density at radius 3 is 2.58 bits per heavy atom. The molecule has 26 heavy (non-hydrogen) atoms. The van der Waals surface area contributed by atoms with Crippen LogP contribution in [0.2, 0.25) is 0 Å². The quantitative estimate of drug-likeness (QED) is 0.527. The first kappa shape index (κ1) is 19.7. The fourth-order valence-electron chi connectivity index (χ4n) is 2.82. The molecular weight excluding hydrogens is 334 g/mol. The van der Waals surface area contributed by atoms with Gasteiger partial charge in [0.05, 0.1) is 31.0 Å². The maximum atomic E-state index is 12.9. The zero-order valence-electron chi connectivity index (χ0n) is 15.7. The molecule has 6 nitrogen and oxygen atoms in total. The van der Waals surface area contributed by atoms with E-state index in [9.17, 15) is 9.59 Å². The number of hydrogen-bond acceptors (Lipinski definition) is 5. The van der Waals surface area contributed by atoms with Crippen molar-refractivity contribution in [3.63, 3.8) is 0 Å². The van der Waals surface area contributed by atoms with Crippen LogP contribution in [0.3, 0.4) is 0 Å². The summed E-state index contributed by atoms with van der Waals surface area (Å²) >= 11 is 0. The molecule has 6 heteroatoms. The summed E-state index contributed by atoms with van der Waals surface area (Å²) in [6.45, 7) is 6.87. The van der Waals surface area contributed by atoms with E-state index in [1.54, 1.807) is 31.9 Å². The molecule has 0 saturated carbocycles. The molecule has 0 radical (unpaired) electrons. The van der Waals surface area contributed by atoms with Crippen LogP contribution in [0.15, 0.2) is 41.1 Å². The molecule has 0 fully saturated rings. The normalized spacial score (nSPS) is 15.8. The third-order valence-electron chi connectivity index (χ3n) is 4.03. The van der Waals surface area contributed by atoms with Crippen molar-refractivity contribution in [3.05, 3.63) is 46.7 Å². The molecule has 0 spiro atoms. The molecule has 0 saturated heterocycles. The summed E-state index contributed by atoms with van der Waals surface area (Å²) in [6, 6.07) is 7.40. The highest BCUT2D eigenvalue weighted by Gasteiger charge is 2.37. The van der Waals surface area contributed by atoms with Crippen molar-refractivity contribution in [2.45, 2.75) is 20.8 Å². The van der Waals surface area contributed by atoms with Gasteiger partial charge in [-0.15, -0.1) is 0 Å². The molecule has 0 bridgehead atoms. The predicted octanol–water partition coefficient (Wildman–Crippen LogP) is 2.79. The number of hydrogen-bond donors (Lipinski definition) is 0. The predicted molar refractivity (Wildman–Crippen MR) is 98.5 cm³/mol. The van der Waals surface area contributed by atoms with Crippen LogP contribution in [0.25, 0.3) is 6.08 Å². The van der Waals surface area contributed by atoms with Crippen molar-refractivity contribution in [3.8, 4) is 5.75 Å². The third-order valence-corrected chi connectivity index (χ3v) is 4.03. The van der Waals surface area contributed by atoms with Gasteiger partial charge in [0.25, 0.3) is 5.91 Å². The number of amides is 1. The number of para-hydroxylation sites is 1. The summed E-state index contributed by atoms with van der Waals surface area (Å²) < 4.78 is 15.9. The van der Waals surface area contributed by atoms with Gasteiger partial charge >= 0.3 is 5.97 Å². The van der Waals surface area contributed by atoms with Crippen LogP contribution in [0.1, 0.15) is 26.3 Å². The molecule has 0 aromatic heterocycles. The van der Waals surface area contributed by atoms with Gasteiger partial charge in [0.1, 0.15) is 5.75 Å². The fourth-order valence-corrected chi connectivity index (χ4v) is 2.82. The van der Waals surface area contributed by atoms with Crippen LogP contribution in [-0.2, 0) is 19.1 Å². The van der Waals surface area contributed by atoms with E-state index < -0.39 is 5.97 Å². The molecule has 1 heterocycles. The molecule has 2 rings (SSSR count). The van der Waals surface area contributed by atoms with E-state index in [0.717, 1.165) is 5.56 Å². The average molecular weight is 359 g/mol. The molecule has 0 aliphatic carbocycles. The highest BCUT2D eigenvalue weighted by molar-refractivity contribution is 6.16. The number of carbonyl (C=O) groups is 2. The van der Waals surface area contributed by atoms with Crippen LogP contribution < -0.4 is 4.74 Å². The Morgan fingerprint density at radius 1 is 1.19 bits per heavy atom. The summed E-state index contributed by atoms with van der Waals surface area (Å²) in [7, 11) is 1.57. The maximum Gasteiger partial charge on any atom is 0.340 e. The number of allylic oxidation sites excluding steroid dienone is 1. The van der Waals surface area contributed by atoms with Crippen molar-refractivity contribution in [1.82, 2.24) is 4.90 Å². The summed E-state index contributed by atoms with van der Waals surface area (Å²) in [6.07, 6.45) is 1.69. The number of rotatable bonds is 8. The van der Waals surface area contributed by atoms with E-state index in [1.165, 1.54) is 0 Å². The first-order valence-electron chi connectivity index (χ1n) is 8.67. The molecule has 1 aliphatic rings. The van der Waals surface area contributed by atoms with Crippen molar-refractivity contribution in [2.24, 2.45) is 0 Å². The Balaban J connectivity index is 2.50. The number of nitrogens with zero attached hydrogens (tertiary/aromatic N) is 1. The van der Waals surface area contributed by atoms with Gasteiger partial charge in [-0.1, -0.05) is 18.2 Å². The van der Waals surface area contributed by atoms with Gasteiger partial charge in [0, 0.05) is 24.9 Å². The minimum atomic E-state index is -0.501. The summed E-state index contributed by atoms with van der Waals surface area (Å²) in [4.78, 5) is 26.9. The minimum Gasteiger partial charge on any atom is -0.493 e. The Kier molecular flexibility index (Phi) is 6.97. The Labute approximate surface area is 154 Å². The van der Waals surface area contributed by atoms with Gasteiger partial charge < -0.3 is 19.1 Å². The van der Waals surface area contributed by atoms with Gasteiger partial charge in [-0.05, 0) is 32.9 Å². The molecule has 1 aromatic carbocycles. The second-order valence-corrected chi connectivity index (χ2v) is 5.66. The monoisotopic (exact) mass is 359 g/mol. The smallest absolute Gasteiger partial charge is 0.340 e. The van der Waals surface area contributed by atoms with Crippen molar-refractivity contribution in [1.29, 1.82) is 0 Å². The lowest BCUT2D eigenvalue weighted by atomic mass is 10.0. The summed E-state index contributed by atoms with van der Waals surface area (Å²) in [5, 5.41) is 0. The molecule has 0 N–H and O–H groups in total. The lowest BCUT2D eigenvalue weighted by Gasteiger charge is -2.16. The second kappa shape index (κ2) is 9.20. The van der Waals surface area contributed by atoms with Crippen molar-refractivity contribution >= 4 is 18.0 Å². The highest BCUT2D eigenvalue weighted by Crippen LogP contribution is 2.33. The van der Waals surface area contributed by atoms with Gasteiger partial charge in [-0.3, -0.25) is 4.79 Å².